The monoisotopic (exact) mass is 277 g/mol. The summed E-state index contributed by atoms with van der Waals surface area (Å²) in [5.74, 6) is 0.0766. The zero-order valence-electron chi connectivity index (χ0n) is 13.1. The molecule has 0 saturated carbocycles. The molecule has 1 amide bonds. The van der Waals surface area contributed by atoms with Crippen molar-refractivity contribution in [3.63, 3.8) is 0 Å². The summed E-state index contributed by atoms with van der Waals surface area (Å²) in [5.41, 5.74) is 1.27. The average Bonchev–Trinajstić information content (AvgIpc) is 2.62. The van der Waals surface area contributed by atoms with Crippen LogP contribution in [0.5, 0.6) is 0 Å². The molecule has 1 aromatic rings. The fourth-order valence-corrected chi connectivity index (χ4v) is 2.35. The van der Waals surface area contributed by atoms with E-state index in [1.54, 1.807) is 0 Å². The maximum atomic E-state index is 12.3. The molecule has 1 aliphatic heterocycles. The normalized spacial score (nSPS) is 22.6. The summed E-state index contributed by atoms with van der Waals surface area (Å²) in [5, 5.41) is 10.0. The van der Waals surface area contributed by atoms with E-state index in [0.717, 1.165) is 30.5 Å². The first-order valence-corrected chi connectivity index (χ1v) is 7.56. The molecule has 3 heteroatoms. The number of carbonyl (C=O) groups excluding carboxylic acids is 1. The number of carbonyl (C=O) groups is 1. The third-order valence-corrected chi connectivity index (χ3v) is 3.65. The molecule has 0 radical (unpaired) electrons. The van der Waals surface area contributed by atoms with Crippen molar-refractivity contribution < 1.29 is 9.90 Å². The highest BCUT2D eigenvalue weighted by atomic mass is 16.3. The van der Waals surface area contributed by atoms with Crippen LogP contribution in [0.2, 0.25) is 0 Å². The Morgan fingerprint density at radius 3 is 2.35 bits per heavy atom. The zero-order valence-corrected chi connectivity index (χ0v) is 13.1. The van der Waals surface area contributed by atoms with Crippen molar-refractivity contribution in [2.75, 3.05) is 13.1 Å². The lowest BCUT2D eigenvalue weighted by molar-refractivity contribution is 0.0438. The summed E-state index contributed by atoms with van der Waals surface area (Å²) in [4.78, 5) is 14.2. The molecule has 1 fully saturated rings. The minimum absolute atomic E-state index is 0.0766. The van der Waals surface area contributed by atoms with E-state index in [1.165, 1.54) is 0 Å². The second-order valence-electron chi connectivity index (χ2n) is 5.51. The number of benzene rings is 1. The van der Waals surface area contributed by atoms with Crippen molar-refractivity contribution in [2.24, 2.45) is 0 Å². The first kappa shape index (κ1) is 16.7. The standard InChI is InChI=1S/C15H21NO2.C2H6/c1-12-4-6-13(7-5-12)14(17)16-10-3-8-15(2,18)9-11-16;1-2/h4-7,18H,3,8-11H2,1-2H3;1-2H3. The smallest absolute Gasteiger partial charge is 0.253 e. The van der Waals surface area contributed by atoms with Crippen LogP contribution in [-0.4, -0.2) is 34.6 Å². The van der Waals surface area contributed by atoms with E-state index in [1.807, 2.05) is 56.9 Å². The molecule has 1 heterocycles. The Balaban J connectivity index is 0.000000956. The number of aliphatic hydroxyl groups is 1. The molecule has 112 valence electrons. The lowest BCUT2D eigenvalue weighted by Gasteiger charge is -2.22. The second kappa shape index (κ2) is 7.44. The third-order valence-electron chi connectivity index (χ3n) is 3.65. The molecule has 0 spiro atoms. The maximum absolute atomic E-state index is 12.3. The molecule has 1 saturated heterocycles. The molecule has 1 aliphatic rings. The molecule has 1 aromatic carbocycles. The lowest BCUT2D eigenvalue weighted by Crippen LogP contribution is -2.33. The van der Waals surface area contributed by atoms with Crippen LogP contribution in [0.1, 0.15) is 56.0 Å². The van der Waals surface area contributed by atoms with Gasteiger partial charge in [0.2, 0.25) is 0 Å². The molecule has 2 rings (SSSR count). The molecule has 20 heavy (non-hydrogen) atoms. The minimum Gasteiger partial charge on any atom is -0.390 e. The first-order chi connectivity index (χ1) is 9.48. The van der Waals surface area contributed by atoms with Gasteiger partial charge in [-0.3, -0.25) is 4.79 Å². The molecule has 0 aromatic heterocycles. The highest BCUT2D eigenvalue weighted by Gasteiger charge is 2.27. The van der Waals surface area contributed by atoms with Crippen molar-refractivity contribution in [1.29, 1.82) is 0 Å². The van der Waals surface area contributed by atoms with Crippen LogP contribution in [0.25, 0.3) is 0 Å². The molecule has 0 bridgehead atoms. The maximum Gasteiger partial charge on any atom is 0.253 e. The van der Waals surface area contributed by atoms with Crippen LogP contribution in [0, 0.1) is 6.92 Å². The summed E-state index contributed by atoms with van der Waals surface area (Å²) in [7, 11) is 0. The van der Waals surface area contributed by atoms with Gasteiger partial charge in [-0.25, -0.2) is 0 Å². The molecule has 1 atom stereocenters. The minimum atomic E-state index is -0.623. The second-order valence-corrected chi connectivity index (χ2v) is 5.51. The molecular weight excluding hydrogens is 250 g/mol. The van der Waals surface area contributed by atoms with Gasteiger partial charge in [-0.05, 0) is 45.2 Å². The van der Waals surface area contributed by atoms with E-state index in [9.17, 15) is 9.90 Å². The van der Waals surface area contributed by atoms with E-state index in [-0.39, 0.29) is 5.91 Å². The Labute approximate surface area is 122 Å². The Hall–Kier alpha value is -1.35. The number of nitrogens with zero attached hydrogens (tertiary/aromatic N) is 1. The fraction of sp³-hybridized carbons (Fsp3) is 0.588. The van der Waals surface area contributed by atoms with E-state index in [0.29, 0.717) is 13.0 Å². The largest absolute Gasteiger partial charge is 0.390 e. The Morgan fingerprint density at radius 2 is 1.75 bits per heavy atom. The van der Waals surface area contributed by atoms with Gasteiger partial charge in [0, 0.05) is 18.7 Å². The zero-order chi connectivity index (χ0) is 15.2. The van der Waals surface area contributed by atoms with Crippen LogP contribution in [-0.2, 0) is 0 Å². The van der Waals surface area contributed by atoms with Crippen LogP contribution >= 0.6 is 0 Å². The van der Waals surface area contributed by atoms with Gasteiger partial charge < -0.3 is 10.0 Å². The number of hydrogen-bond acceptors (Lipinski definition) is 2. The van der Waals surface area contributed by atoms with Crippen LogP contribution in [0.3, 0.4) is 0 Å². The average molecular weight is 277 g/mol. The fourth-order valence-electron chi connectivity index (χ4n) is 2.35. The summed E-state index contributed by atoms with van der Waals surface area (Å²) in [6.45, 7) is 9.24. The van der Waals surface area contributed by atoms with Crippen LogP contribution < -0.4 is 0 Å². The molecule has 0 aliphatic carbocycles. The predicted molar refractivity (Wildman–Crippen MR) is 82.9 cm³/mol. The summed E-state index contributed by atoms with van der Waals surface area (Å²) in [6.07, 6.45) is 2.29. The van der Waals surface area contributed by atoms with Gasteiger partial charge in [0.15, 0.2) is 0 Å². The highest BCUT2D eigenvalue weighted by Crippen LogP contribution is 2.22. The predicted octanol–water partition coefficient (Wildman–Crippen LogP) is 3.40. The van der Waals surface area contributed by atoms with Gasteiger partial charge >= 0.3 is 0 Å². The molecule has 1 N–H and O–H groups in total. The van der Waals surface area contributed by atoms with Gasteiger partial charge in [-0.1, -0.05) is 31.5 Å². The SMILES string of the molecule is CC.Cc1ccc(C(=O)N2CCCC(C)(O)CC2)cc1. The number of hydrogen-bond donors (Lipinski definition) is 1. The van der Waals surface area contributed by atoms with Crippen LogP contribution in [0.15, 0.2) is 24.3 Å². The van der Waals surface area contributed by atoms with Gasteiger partial charge in [-0.2, -0.15) is 0 Å². The molecule has 1 unspecified atom stereocenters. The van der Waals surface area contributed by atoms with Crippen molar-refractivity contribution in [1.82, 2.24) is 4.90 Å². The van der Waals surface area contributed by atoms with E-state index >= 15 is 0 Å². The van der Waals surface area contributed by atoms with Crippen molar-refractivity contribution in [2.45, 2.75) is 52.6 Å². The topological polar surface area (TPSA) is 40.5 Å². The first-order valence-electron chi connectivity index (χ1n) is 7.56. The van der Waals surface area contributed by atoms with Crippen LogP contribution in [0.4, 0.5) is 0 Å². The lowest BCUT2D eigenvalue weighted by atomic mass is 9.98. The van der Waals surface area contributed by atoms with Gasteiger partial charge in [0.25, 0.3) is 5.91 Å². The number of rotatable bonds is 1. The van der Waals surface area contributed by atoms with Gasteiger partial charge in [0.1, 0.15) is 0 Å². The van der Waals surface area contributed by atoms with Crippen molar-refractivity contribution in [3.05, 3.63) is 35.4 Å². The van der Waals surface area contributed by atoms with Gasteiger partial charge in [-0.15, -0.1) is 0 Å². The summed E-state index contributed by atoms with van der Waals surface area (Å²) >= 11 is 0. The van der Waals surface area contributed by atoms with Crippen molar-refractivity contribution in [3.8, 4) is 0 Å². The van der Waals surface area contributed by atoms with Gasteiger partial charge in [0.05, 0.1) is 5.60 Å². The number of aryl methyl sites for hydroxylation is 1. The third kappa shape index (κ3) is 4.64. The Bertz CT molecular complexity index is 423. The highest BCUT2D eigenvalue weighted by molar-refractivity contribution is 5.94. The Kier molecular flexibility index (Phi) is 6.21. The summed E-state index contributed by atoms with van der Waals surface area (Å²) < 4.78 is 0. The molecule has 3 nitrogen and oxygen atoms in total. The van der Waals surface area contributed by atoms with Crippen molar-refractivity contribution >= 4 is 5.91 Å². The van der Waals surface area contributed by atoms with E-state index in [2.05, 4.69) is 0 Å². The van der Waals surface area contributed by atoms with E-state index in [4.69, 9.17) is 0 Å². The molecular formula is C17H27NO2. The summed E-state index contributed by atoms with van der Waals surface area (Å²) in [6, 6.07) is 7.67. The Morgan fingerprint density at radius 1 is 1.15 bits per heavy atom. The number of likely N-dealkylation sites (tertiary alicyclic amines) is 1. The number of amides is 1. The quantitative estimate of drug-likeness (QED) is 0.854. The van der Waals surface area contributed by atoms with E-state index < -0.39 is 5.60 Å².